The van der Waals surface area contributed by atoms with Crippen LogP contribution in [0.2, 0.25) is 0 Å². The van der Waals surface area contributed by atoms with Crippen LogP contribution in [-0.4, -0.2) is 54.2 Å². The van der Waals surface area contributed by atoms with Crippen LogP contribution in [0, 0.1) is 17.3 Å². The second kappa shape index (κ2) is 7.35. The van der Waals surface area contributed by atoms with Crippen LogP contribution in [0.3, 0.4) is 0 Å². The molecule has 2 unspecified atom stereocenters. The third-order valence-corrected chi connectivity index (χ3v) is 8.16. The highest BCUT2D eigenvalue weighted by molar-refractivity contribution is 5.94. The zero-order valence-electron chi connectivity index (χ0n) is 18.7. The molecule has 4 atom stereocenters. The zero-order valence-corrected chi connectivity index (χ0v) is 18.7. The molecule has 0 spiro atoms. The summed E-state index contributed by atoms with van der Waals surface area (Å²) in [6.07, 6.45) is 6.12. The minimum atomic E-state index is -0.280. The van der Waals surface area contributed by atoms with Crippen molar-refractivity contribution in [1.82, 2.24) is 10.2 Å². The Morgan fingerprint density at radius 1 is 0.903 bits per heavy atom. The lowest BCUT2D eigenvalue weighted by Crippen LogP contribution is -2.66. The summed E-state index contributed by atoms with van der Waals surface area (Å²) in [5.74, 6) is 1.57. The number of benzene rings is 1. The fraction of sp³-hybridized carbons (Fsp3) is 0.640. The molecule has 1 heterocycles. The Morgan fingerprint density at radius 2 is 1.52 bits per heavy atom. The van der Waals surface area contributed by atoms with Gasteiger partial charge in [-0.15, -0.1) is 0 Å². The predicted molar refractivity (Wildman–Crippen MR) is 119 cm³/mol. The van der Waals surface area contributed by atoms with Crippen LogP contribution >= 0.6 is 0 Å². The monoisotopic (exact) mass is 423 g/mol. The maximum atomic E-state index is 13.8. The number of Topliss-reactive ketones (excluding diaryl/α,β-unsaturated/α-hetero) is 1. The molecule has 6 heteroatoms. The smallest absolute Gasteiger partial charge is 0.229 e. The first kappa shape index (κ1) is 20.5. The maximum Gasteiger partial charge on any atom is 0.229 e. The summed E-state index contributed by atoms with van der Waals surface area (Å²) < 4.78 is 0. The number of hydrogen-bond acceptors (Lipinski definition) is 4. The van der Waals surface area contributed by atoms with Gasteiger partial charge < -0.3 is 15.1 Å². The topological polar surface area (TPSA) is 69.7 Å². The van der Waals surface area contributed by atoms with Gasteiger partial charge in [-0.3, -0.25) is 14.4 Å². The van der Waals surface area contributed by atoms with Gasteiger partial charge in [0, 0.05) is 49.9 Å². The molecule has 1 aromatic rings. The molecule has 2 amide bonds. The van der Waals surface area contributed by atoms with Crippen molar-refractivity contribution in [3.8, 4) is 0 Å². The van der Waals surface area contributed by atoms with E-state index in [4.69, 9.17) is 0 Å². The van der Waals surface area contributed by atoms with Gasteiger partial charge in [0.05, 0.1) is 5.41 Å². The van der Waals surface area contributed by atoms with Gasteiger partial charge in [0.1, 0.15) is 0 Å². The molecule has 1 aromatic carbocycles. The minimum absolute atomic E-state index is 0.0361. The van der Waals surface area contributed by atoms with Crippen LogP contribution in [0.1, 0.15) is 62.7 Å². The number of piperazine rings is 1. The quantitative estimate of drug-likeness (QED) is 0.756. The summed E-state index contributed by atoms with van der Waals surface area (Å²) in [6.45, 7) is 6.28. The zero-order chi connectivity index (χ0) is 21.8. The molecule has 6 nitrogen and oxygen atoms in total. The number of rotatable bonds is 4. The number of amides is 2. The first-order chi connectivity index (χ1) is 14.8. The molecule has 166 valence electrons. The number of hydrogen-bond donors (Lipinski definition) is 1. The fourth-order valence-corrected chi connectivity index (χ4v) is 7.44. The molecule has 0 aromatic heterocycles. The Hall–Kier alpha value is -2.37. The van der Waals surface area contributed by atoms with Crippen molar-refractivity contribution in [1.29, 1.82) is 0 Å². The van der Waals surface area contributed by atoms with Crippen molar-refractivity contribution in [2.45, 2.75) is 57.9 Å². The number of carbonyl (C=O) groups is 3. The van der Waals surface area contributed by atoms with Crippen molar-refractivity contribution < 1.29 is 14.4 Å². The lowest BCUT2D eigenvalue weighted by molar-refractivity contribution is -0.163. The highest BCUT2D eigenvalue weighted by atomic mass is 16.2. The Bertz CT molecular complexity index is 887. The van der Waals surface area contributed by atoms with Crippen LogP contribution in [0.25, 0.3) is 0 Å². The molecule has 1 saturated heterocycles. The first-order valence-corrected chi connectivity index (χ1v) is 11.7. The van der Waals surface area contributed by atoms with Gasteiger partial charge in [-0.05, 0) is 81.5 Å². The normalized spacial score (nSPS) is 34.0. The molecule has 31 heavy (non-hydrogen) atoms. The fourth-order valence-electron chi connectivity index (χ4n) is 7.44. The van der Waals surface area contributed by atoms with E-state index in [-0.39, 0.29) is 22.6 Å². The Balaban J connectivity index is 1.27. The van der Waals surface area contributed by atoms with Crippen LogP contribution in [0.5, 0.6) is 0 Å². The van der Waals surface area contributed by atoms with Crippen LogP contribution in [0.15, 0.2) is 24.3 Å². The van der Waals surface area contributed by atoms with E-state index in [0.29, 0.717) is 17.7 Å². The summed E-state index contributed by atoms with van der Waals surface area (Å²) >= 11 is 0. The number of anilines is 1. The van der Waals surface area contributed by atoms with Crippen molar-refractivity contribution >= 4 is 23.3 Å². The van der Waals surface area contributed by atoms with Gasteiger partial charge in [0.25, 0.3) is 0 Å². The largest absolute Gasteiger partial charge is 0.368 e. The number of carbonyl (C=O) groups excluding carboxylic acids is 3. The van der Waals surface area contributed by atoms with Gasteiger partial charge in [0.15, 0.2) is 5.78 Å². The third kappa shape index (κ3) is 3.64. The highest BCUT2D eigenvalue weighted by Gasteiger charge is 2.61. The second-order valence-corrected chi connectivity index (χ2v) is 10.6. The molecule has 4 aliphatic carbocycles. The van der Waals surface area contributed by atoms with E-state index in [2.05, 4.69) is 15.1 Å². The molecule has 1 N–H and O–H groups in total. The van der Waals surface area contributed by atoms with E-state index >= 15 is 0 Å². The number of ketones is 1. The summed E-state index contributed by atoms with van der Waals surface area (Å²) in [4.78, 5) is 41.6. The van der Waals surface area contributed by atoms with E-state index in [1.54, 1.807) is 13.8 Å². The van der Waals surface area contributed by atoms with E-state index in [1.165, 1.54) is 6.42 Å². The first-order valence-electron chi connectivity index (χ1n) is 11.7. The SMILES string of the molecule is CC(=O)NC12C[C@H]3C[C@@H](C1)CC(C(=O)N1CCN(c4ccc(C(C)=O)cc4)CC1)(C3)C2. The van der Waals surface area contributed by atoms with E-state index < -0.39 is 0 Å². The molecule has 5 fully saturated rings. The summed E-state index contributed by atoms with van der Waals surface area (Å²) in [7, 11) is 0. The lowest BCUT2D eigenvalue weighted by Gasteiger charge is -2.62. The van der Waals surface area contributed by atoms with Crippen molar-refractivity contribution in [3.63, 3.8) is 0 Å². The minimum Gasteiger partial charge on any atom is -0.368 e. The molecule has 5 aliphatic rings. The molecule has 4 bridgehead atoms. The summed E-state index contributed by atoms with van der Waals surface area (Å²) in [6, 6.07) is 7.77. The van der Waals surface area contributed by atoms with Gasteiger partial charge in [0.2, 0.25) is 11.8 Å². The Kier molecular flexibility index (Phi) is 4.87. The van der Waals surface area contributed by atoms with Gasteiger partial charge in [-0.1, -0.05) is 0 Å². The van der Waals surface area contributed by atoms with E-state index in [0.717, 1.165) is 69.5 Å². The molecule has 0 radical (unpaired) electrons. The van der Waals surface area contributed by atoms with Gasteiger partial charge >= 0.3 is 0 Å². The van der Waals surface area contributed by atoms with Crippen molar-refractivity contribution in [2.75, 3.05) is 31.1 Å². The average Bonchev–Trinajstić information content (AvgIpc) is 2.71. The van der Waals surface area contributed by atoms with Crippen molar-refractivity contribution in [2.24, 2.45) is 17.3 Å². The van der Waals surface area contributed by atoms with Crippen LogP contribution in [0.4, 0.5) is 5.69 Å². The number of nitrogens with one attached hydrogen (secondary N) is 1. The molecule has 4 saturated carbocycles. The predicted octanol–water partition coefficient (Wildman–Crippen LogP) is 3.01. The number of nitrogens with zero attached hydrogens (tertiary/aromatic N) is 2. The maximum absolute atomic E-state index is 13.8. The molecular formula is C25H33N3O3. The average molecular weight is 424 g/mol. The van der Waals surface area contributed by atoms with Gasteiger partial charge in [-0.2, -0.15) is 0 Å². The van der Waals surface area contributed by atoms with E-state index in [9.17, 15) is 14.4 Å². The molecule has 6 rings (SSSR count). The van der Waals surface area contributed by atoms with Crippen molar-refractivity contribution in [3.05, 3.63) is 29.8 Å². The molecular weight excluding hydrogens is 390 g/mol. The Morgan fingerprint density at radius 3 is 2.06 bits per heavy atom. The second-order valence-electron chi connectivity index (χ2n) is 10.6. The standard InChI is InChI=1S/C25H33N3O3/c1-17(29)21-3-5-22(6-4-21)27-7-9-28(10-8-27)23(31)24-12-19-11-20(13-24)15-25(14-19,16-24)26-18(2)30/h3-6,19-20H,7-16H2,1-2H3,(H,26,30)/t19-,20+,24?,25?. The van der Waals surface area contributed by atoms with Crippen LogP contribution < -0.4 is 10.2 Å². The van der Waals surface area contributed by atoms with Gasteiger partial charge in [-0.25, -0.2) is 0 Å². The third-order valence-electron chi connectivity index (χ3n) is 8.16. The highest BCUT2D eigenvalue weighted by Crippen LogP contribution is 2.62. The summed E-state index contributed by atoms with van der Waals surface area (Å²) in [5, 5.41) is 3.27. The molecule has 1 aliphatic heterocycles. The van der Waals surface area contributed by atoms with E-state index in [1.807, 2.05) is 24.3 Å². The van der Waals surface area contributed by atoms with Crippen LogP contribution in [-0.2, 0) is 9.59 Å². The summed E-state index contributed by atoms with van der Waals surface area (Å²) in [5.41, 5.74) is 1.40. The Labute approximate surface area is 184 Å². The lowest BCUT2D eigenvalue weighted by atomic mass is 9.46.